The van der Waals surface area contributed by atoms with Crippen molar-refractivity contribution in [1.82, 2.24) is 0 Å². The van der Waals surface area contributed by atoms with Crippen LogP contribution in [-0.2, 0) is 20.4 Å². The Morgan fingerprint density at radius 3 is 1.13 bits per heavy atom. The molecule has 0 fully saturated rings. The van der Waals surface area contributed by atoms with E-state index in [1.165, 1.54) is 0 Å². The Labute approximate surface area is 357 Å². The molecule has 0 radical (unpaired) electrons. The van der Waals surface area contributed by atoms with Crippen molar-refractivity contribution in [3.8, 4) is 43.9 Å². The number of carbonyl (C=O) groups excluding carboxylic acids is 2. The van der Waals surface area contributed by atoms with E-state index in [9.17, 15) is 0 Å². The quantitative estimate of drug-likeness (QED) is 0.166. The number of anilines is 2. The first-order valence-electron chi connectivity index (χ1n) is 20.2. The molecule has 4 aliphatic heterocycles. The number of ether oxygens (including phenoxy) is 4. The molecule has 6 heterocycles. The van der Waals surface area contributed by atoms with Crippen LogP contribution in [0.4, 0.5) is 11.4 Å². The summed E-state index contributed by atoms with van der Waals surface area (Å²) in [6.07, 6.45) is 0. The molecule has 2 aromatic heterocycles. The molecule has 0 atom stereocenters. The van der Waals surface area contributed by atoms with Gasteiger partial charge in [-0.25, -0.2) is 0 Å². The number of hydrogen-bond acceptors (Lipinski definition) is 8. The number of hydrogen-bond donors (Lipinski definition) is 0. The summed E-state index contributed by atoms with van der Waals surface area (Å²) in [5, 5.41) is 3.95. The minimum absolute atomic E-state index is 0.0840. The molecule has 4 aromatic carbocycles. The van der Waals surface area contributed by atoms with Gasteiger partial charge in [-0.2, -0.15) is 0 Å². The topological polar surface area (TPSA) is 77.5 Å². The first-order valence-corrected chi connectivity index (χ1v) is 22.0. The Hall–Kier alpha value is -6.10. The fraction of sp³-hybridized carbons (Fsp3) is 0.240. The molecule has 0 unspecified atom stereocenters. The van der Waals surface area contributed by atoms with Gasteiger partial charge in [-0.3, -0.25) is 19.4 Å². The van der Waals surface area contributed by atoms with E-state index in [0.717, 1.165) is 66.1 Å². The third-order valence-corrected chi connectivity index (χ3v) is 13.4. The molecule has 10 rings (SSSR count). The van der Waals surface area contributed by atoms with Crippen LogP contribution in [0.1, 0.15) is 63.8 Å². The zero-order valence-electron chi connectivity index (χ0n) is 34.4. The molecular weight excluding hydrogens is 789 g/mol. The lowest BCUT2D eigenvalue weighted by molar-refractivity contribution is -0.115. The van der Waals surface area contributed by atoms with E-state index in [1.807, 2.05) is 83.6 Å². The maximum Gasteiger partial charge on any atom is 0.265 e. The van der Waals surface area contributed by atoms with Crippen molar-refractivity contribution >= 4 is 57.3 Å². The second kappa shape index (κ2) is 14.3. The number of benzene rings is 4. The summed E-state index contributed by atoms with van der Waals surface area (Å²) in [5.74, 6) is 2.48. The van der Waals surface area contributed by atoms with E-state index in [0.29, 0.717) is 60.3 Å². The molecule has 8 nitrogen and oxygen atoms in total. The summed E-state index contributed by atoms with van der Waals surface area (Å²) in [7, 11) is 0. The second-order valence-electron chi connectivity index (χ2n) is 17.4. The molecule has 302 valence electrons. The molecule has 0 spiro atoms. The smallest absolute Gasteiger partial charge is 0.265 e. The van der Waals surface area contributed by atoms with Crippen LogP contribution in [0.15, 0.2) is 119 Å². The average Bonchev–Trinajstić information content (AvgIpc) is 4.02. The van der Waals surface area contributed by atoms with Gasteiger partial charge in [-0.1, -0.05) is 114 Å². The van der Waals surface area contributed by atoms with Gasteiger partial charge in [-0.05, 0) is 68.5 Å². The van der Waals surface area contributed by atoms with Gasteiger partial charge < -0.3 is 18.9 Å². The molecule has 6 aromatic rings. The average molecular weight is 833 g/mol. The normalized spacial score (nSPS) is 16.3. The summed E-state index contributed by atoms with van der Waals surface area (Å²) in [6.45, 7) is 15.0. The summed E-state index contributed by atoms with van der Waals surface area (Å²) < 4.78 is 23.7. The third kappa shape index (κ3) is 6.32. The molecule has 60 heavy (non-hydrogen) atoms. The highest BCUT2D eigenvalue weighted by Gasteiger charge is 2.50. The largest absolute Gasteiger partial charge is 0.485 e. The number of nitrogens with zero attached hydrogens (tertiary/aromatic N) is 2. The standard InChI is InChI=1S/C50H44N2O6S2/c1-49(2,3)33-15-19-35(20-16-33)51-41(29-7-11-31(12-8-29)45-43-37(27-59-45)55-23-25-57-43)39-40(47(51)53)42(52(48(39)54)36-21-17-34(18-22-36)50(4,5)6)30-9-13-32(14-10-30)46-44-38(28-60-46)56-24-26-58-44/h7-22,27-28H,23-26H2,1-6H3. The van der Waals surface area contributed by atoms with Crippen LogP contribution in [0.2, 0.25) is 0 Å². The van der Waals surface area contributed by atoms with Crippen molar-refractivity contribution in [2.45, 2.75) is 52.4 Å². The molecule has 0 saturated heterocycles. The van der Waals surface area contributed by atoms with Crippen LogP contribution in [0.25, 0.3) is 32.3 Å². The highest BCUT2D eigenvalue weighted by molar-refractivity contribution is 7.14. The lowest BCUT2D eigenvalue weighted by atomic mass is 9.87. The monoisotopic (exact) mass is 832 g/mol. The van der Waals surface area contributed by atoms with Crippen LogP contribution >= 0.6 is 22.7 Å². The number of thiophene rings is 2. The fourth-order valence-electron chi connectivity index (χ4n) is 8.25. The Bertz CT molecular complexity index is 2550. The highest BCUT2D eigenvalue weighted by Crippen LogP contribution is 2.52. The minimum Gasteiger partial charge on any atom is -0.485 e. The van der Waals surface area contributed by atoms with Crippen molar-refractivity contribution in [1.29, 1.82) is 0 Å². The van der Waals surface area contributed by atoms with Gasteiger partial charge in [-0.15, -0.1) is 22.7 Å². The van der Waals surface area contributed by atoms with Gasteiger partial charge in [0.2, 0.25) is 0 Å². The van der Waals surface area contributed by atoms with Crippen LogP contribution in [0, 0.1) is 0 Å². The maximum atomic E-state index is 15.4. The maximum absolute atomic E-state index is 15.4. The van der Waals surface area contributed by atoms with Crippen LogP contribution < -0.4 is 28.7 Å². The van der Waals surface area contributed by atoms with Crippen LogP contribution in [0.3, 0.4) is 0 Å². The lowest BCUT2D eigenvalue weighted by Gasteiger charge is -2.27. The van der Waals surface area contributed by atoms with Gasteiger partial charge >= 0.3 is 0 Å². The van der Waals surface area contributed by atoms with Crippen molar-refractivity contribution in [2.24, 2.45) is 0 Å². The van der Waals surface area contributed by atoms with Gasteiger partial charge in [0.05, 0.1) is 32.3 Å². The summed E-state index contributed by atoms with van der Waals surface area (Å²) >= 11 is 3.14. The summed E-state index contributed by atoms with van der Waals surface area (Å²) in [6, 6.07) is 32.3. The van der Waals surface area contributed by atoms with Gasteiger partial charge in [0.1, 0.15) is 26.4 Å². The molecule has 10 heteroatoms. The number of amides is 2. The molecule has 0 bridgehead atoms. The fourth-order valence-corrected chi connectivity index (χ4v) is 10.1. The molecular formula is C50H44N2O6S2. The Morgan fingerprint density at radius 2 is 0.783 bits per heavy atom. The SMILES string of the molecule is CC(C)(C)c1ccc(N2C(=O)C3=C(c4ccc(-c5scc6c5OCCO6)cc4)N(c4ccc(C(C)(C)C)cc4)C(=O)C3=C2c2ccc(-c3scc4c3OCCO4)cc2)cc1. The zero-order chi connectivity index (χ0) is 41.5. The predicted octanol–water partition coefficient (Wildman–Crippen LogP) is 11.5. The van der Waals surface area contributed by atoms with E-state index >= 15 is 9.59 Å². The molecule has 2 amide bonds. The molecule has 0 saturated carbocycles. The van der Waals surface area contributed by atoms with Crippen LogP contribution in [-0.4, -0.2) is 38.2 Å². The minimum atomic E-state index is -0.260. The van der Waals surface area contributed by atoms with E-state index in [4.69, 9.17) is 18.9 Å². The Morgan fingerprint density at radius 1 is 0.450 bits per heavy atom. The molecule has 0 N–H and O–H groups in total. The predicted molar refractivity (Wildman–Crippen MR) is 241 cm³/mol. The van der Waals surface area contributed by atoms with Gasteiger partial charge in [0.25, 0.3) is 11.8 Å². The van der Waals surface area contributed by atoms with Gasteiger partial charge in [0, 0.05) is 22.1 Å². The zero-order valence-corrected chi connectivity index (χ0v) is 36.0. The lowest BCUT2D eigenvalue weighted by Crippen LogP contribution is -2.30. The summed E-state index contributed by atoms with van der Waals surface area (Å²) in [4.78, 5) is 36.1. The first-order chi connectivity index (χ1) is 28.9. The number of carbonyl (C=O) groups is 2. The van der Waals surface area contributed by atoms with Crippen LogP contribution in [0.5, 0.6) is 23.0 Å². The third-order valence-electron chi connectivity index (χ3n) is 11.4. The van der Waals surface area contributed by atoms with Gasteiger partial charge in [0.15, 0.2) is 23.0 Å². The van der Waals surface area contributed by atoms with E-state index in [-0.39, 0.29) is 22.6 Å². The first kappa shape index (κ1) is 38.1. The Kier molecular flexibility index (Phi) is 9.07. The van der Waals surface area contributed by atoms with Crippen molar-refractivity contribution in [3.05, 3.63) is 141 Å². The van der Waals surface area contributed by atoms with Crippen molar-refractivity contribution < 1.29 is 28.5 Å². The molecule has 0 aliphatic carbocycles. The second-order valence-corrected chi connectivity index (χ2v) is 19.1. The summed E-state index contributed by atoms with van der Waals surface area (Å²) in [5.41, 5.74) is 8.76. The van der Waals surface area contributed by atoms with Crippen molar-refractivity contribution in [3.63, 3.8) is 0 Å². The van der Waals surface area contributed by atoms with E-state index in [1.54, 1.807) is 32.5 Å². The van der Waals surface area contributed by atoms with E-state index in [2.05, 4.69) is 65.8 Å². The van der Waals surface area contributed by atoms with Crippen molar-refractivity contribution in [2.75, 3.05) is 36.2 Å². The van der Waals surface area contributed by atoms with E-state index < -0.39 is 0 Å². The number of rotatable bonds is 6. The Balaban J connectivity index is 1.15. The highest BCUT2D eigenvalue weighted by atomic mass is 32.1. The number of fused-ring (bicyclic) bond motifs is 3. The molecule has 4 aliphatic rings.